The highest BCUT2D eigenvalue weighted by Gasteiger charge is 2.14. The Balaban J connectivity index is 3.19. The van der Waals surface area contributed by atoms with Gasteiger partial charge in [0.05, 0.1) is 32.0 Å². The second kappa shape index (κ2) is 4.30. The zero-order chi connectivity index (χ0) is 10.7. The lowest BCUT2D eigenvalue weighted by Crippen LogP contribution is -2.26. The third-order valence-corrected chi connectivity index (χ3v) is 2.09. The molecule has 1 rings (SSSR count). The number of aromatic hydroxyl groups is 1. The van der Waals surface area contributed by atoms with Crippen LogP contribution in [-0.2, 0) is 13.1 Å². The van der Waals surface area contributed by atoms with E-state index in [0.717, 1.165) is 4.57 Å². The van der Waals surface area contributed by atoms with Crippen molar-refractivity contribution in [3.05, 3.63) is 16.2 Å². The molecule has 1 aromatic rings. The van der Waals surface area contributed by atoms with Gasteiger partial charge in [0.2, 0.25) is 5.88 Å². The zero-order valence-corrected chi connectivity index (χ0v) is 7.97. The van der Waals surface area contributed by atoms with Crippen LogP contribution in [0.2, 0.25) is 0 Å². The van der Waals surface area contributed by atoms with E-state index in [-0.39, 0.29) is 32.2 Å². The first kappa shape index (κ1) is 10.8. The van der Waals surface area contributed by atoms with Gasteiger partial charge in [0.15, 0.2) is 0 Å². The molecule has 0 bridgehead atoms. The van der Waals surface area contributed by atoms with Gasteiger partial charge in [-0.25, -0.2) is 4.79 Å². The minimum Gasteiger partial charge on any atom is -0.493 e. The van der Waals surface area contributed by atoms with E-state index < -0.39 is 5.69 Å². The predicted molar refractivity (Wildman–Crippen MR) is 49.3 cm³/mol. The Morgan fingerprint density at radius 2 is 1.64 bits per heavy atom. The van der Waals surface area contributed by atoms with E-state index in [1.807, 2.05) is 0 Å². The van der Waals surface area contributed by atoms with Crippen LogP contribution in [0.25, 0.3) is 0 Å². The fourth-order valence-electron chi connectivity index (χ4n) is 1.36. The van der Waals surface area contributed by atoms with Crippen LogP contribution >= 0.6 is 0 Å². The third kappa shape index (κ3) is 1.66. The number of hydrogen-bond acceptors (Lipinski definition) is 4. The number of imidazole rings is 1. The highest BCUT2D eigenvalue weighted by Crippen LogP contribution is 2.13. The summed E-state index contributed by atoms with van der Waals surface area (Å²) in [7, 11) is 0. The van der Waals surface area contributed by atoms with Crippen LogP contribution in [0, 0.1) is 6.92 Å². The molecule has 0 spiro atoms. The van der Waals surface area contributed by atoms with E-state index in [1.54, 1.807) is 6.92 Å². The summed E-state index contributed by atoms with van der Waals surface area (Å²) in [5, 5.41) is 26.9. The Hall–Kier alpha value is -1.27. The molecule has 0 fully saturated rings. The molecule has 0 aromatic carbocycles. The second-order valence-electron chi connectivity index (χ2n) is 2.94. The molecule has 80 valence electrons. The van der Waals surface area contributed by atoms with Crippen LogP contribution in [0.3, 0.4) is 0 Å². The van der Waals surface area contributed by atoms with Crippen LogP contribution in [0.4, 0.5) is 0 Å². The van der Waals surface area contributed by atoms with Crippen molar-refractivity contribution in [2.75, 3.05) is 13.2 Å². The van der Waals surface area contributed by atoms with E-state index >= 15 is 0 Å². The fourth-order valence-corrected chi connectivity index (χ4v) is 1.36. The van der Waals surface area contributed by atoms with E-state index in [1.165, 1.54) is 4.57 Å². The largest absolute Gasteiger partial charge is 0.493 e. The molecule has 0 aliphatic rings. The third-order valence-electron chi connectivity index (χ3n) is 2.09. The minimum atomic E-state index is -0.414. The molecule has 0 atom stereocenters. The first-order valence-electron chi connectivity index (χ1n) is 4.34. The smallest absolute Gasteiger partial charge is 0.331 e. The second-order valence-corrected chi connectivity index (χ2v) is 2.94. The van der Waals surface area contributed by atoms with Crippen molar-refractivity contribution in [2.24, 2.45) is 0 Å². The quantitative estimate of drug-likeness (QED) is 0.563. The molecule has 0 saturated carbocycles. The molecule has 14 heavy (non-hydrogen) atoms. The van der Waals surface area contributed by atoms with Crippen molar-refractivity contribution in [3.8, 4) is 5.88 Å². The maximum atomic E-state index is 11.5. The fraction of sp³-hybridized carbons (Fsp3) is 0.625. The van der Waals surface area contributed by atoms with Gasteiger partial charge in [0, 0.05) is 0 Å². The Labute approximate surface area is 80.6 Å². The molecule has 6 heteroatoms. The summed E-state index contributed by atoms with van der Waals surface area (Å²) in [5.41, 5.74) is -0.0133. The molecular weight excluding hydrogens is 188 g/mol. The van der Waals surface area contributed by atoms with Gasteiger partial charge >= 0.3 is 5.69 Å². The zero-order valence-electron chi connectivity index (χ0n) is 7.97. The van der Waals surface area contributed by atoms with Crippen LogP contribution in [0.5, 0.6) is 5.88 Å². The van der Waals surface area contributed by atoms with Crippen molar-refractivity contribution in [1.82, 2.24) is 9.13 Å². The molecule has 0 aliphatic carbocycles. The summed E-state index contributed by atoms with van der Waals surface area (Å²) in [6.45, 7) is 1.42. The average Bonchev–Trinajstić information content (AvgIpc) is 2.36. The number of aliphatic hydroxyl groups is 2. The van der Waals surface area contributed by atoms with Crippen molar-refractivity contribution in [2.45, 2.75) is 20.0 Å². The highest BCUT2D eigenvalue weighted by molar-refractivity contribution is 5.18. The Morgan fingerprint density at radius 3 is 2.14 bits per heavy atom. The molecule has 1 aromatic heterocycles. The molecule has 3 N–H and O–H groups in total. The predicted octanol–water partition coefficient (Wildman–Crippen LogP) is -1.35. The lowest BCUT2D eigenvalue weighted by atomic mass is 10.5. The van der Waals surface area contributed by atoms with Crippen molar-refractivity contribution < 1.29 is 15.3 Å². The molecule has 6 nitrogen and oxygen atoms in total. The summed E-state index contributed by atoms with van der Waals surface area (Å²) in [6.07, 6.45) is 0. The molecule has 0 saturated heterocycles. The van der Waals surface area contributed by atoms with Gasteiger partial charge in [-0.3, -0.25) is 9.13 Å². The summed E-state index contributed by atoms with van der Waals surface area (Å²) >= 11 is 0. The number of rotatable bonds is 4. The maximum Gasteiger partial charge on any atom is 0.331 e. The van der Waals surface area contributed by atoms with Gasteiger partial charge in [0.25, 0.3) is 0 Å². The highest BCUT2D eigenvalue weighted by atomic mass is 16.3. The van der Waals surface area contributed by atoms with Gasteiger partial charge in [0.1, 0.15) is 0 Å². The monoisotopic (exact) mass is 202 g/mol. The SMILES string of the molecule is Cc1c(O)n(CCO)c(=O)n1CCO. The molecule has 0 radical (unpaired) electrons. The maximum absolute atomic E-state index is 11.5. The van der Waals surface area contributed by atoms with E-state index in [9.17, 15) is 9.90 Å². The minimum absolute atomic E-state index is 0.0595. The lowest BCUT2D eigenvalue weighted by Gasteiger charge is -1.98. The lowest BCUT2D eigenvalue weighted by molar-refractivity contribution is 0.261. The Morgan fingerprint density at radius 1 is 1.14 bits per heavy atom. The summed E-state index contributed by atoms with van der Waals surface area (Å²) in [5.74, 6) is -0.155. The Kier molecular flexibility index (Phi) is 3.32. The van der Waals surface area contributed by atoms with Gasteiger partial charge in [-0.1, -0.05) is 0 Å². The molecule has 0 unspecified atom stereocenters. The van der Waals surface area contributed by atoms with Gasteiger partial charge in [-0.05, 0) is 6.92 Å². The molecule has 0 aliphatic heterocycles. The average molecular weight is 202 g/mol. The van der Waals surface area contributed by atoms with E-state index in [4.69, 9.17) is 10.2 Å². The van der Waals surface area contributed by atoms with Gasteiger partial charge in [-0.15, -0.1) is 0 Å². The Bertz CT molecular complexity index is 334. The summed E-state index contributed by atoms with van der Waals surface area (Å²) in [6, 6.07) is 0. The number of aromatic nitrogens is 2. The van der Waals surface area contributed by atoms with Gasteiger partial charge in [-0.2, -0.15) is 0 Å². The van der Waals surface area contributed by atoms with Crippen LogP contribution in [0.15, 0.2) is 4.79 Å². The van der Waals surface area contributed by atoms with E-state index in [2.05, 4.69) is 0 Å². The van der Waals surface area contributed by atoms with Crippen molar-refractivity contribution in [3.63, 3.8) is 0 Å². The number of hydrogen-bond donors (Lipinski definition) is 3. The molecular formula is C8H14N2O4. The number of aliphatic hydroxyl groups excluding tert-OH is 2. The van der Waals surface area contributed by atoms with Crippen LogP contribution in [0.1, 0.15) is 5.69 Å². The van der Waals surface area contributed by atoms with Crippen LogP contribution in [-0.4, -0.2) is 37.7 Å². The molecule has 0 amide bonds. The van der Waals surface area contributed by atoms with Crippen molar-refractivity contribution in [1.29, 1.82) is 0 Å². The standard InChI is InChI=1S/C8H14N2O4/c1-6-7(13)10(3-5-12)8(14)9(6)2-4-11/h11-13H,2-5H2,1H3. The first-order valence-corrected chi connectivity index (χ1v) is 4.34. The van der Waals surface area contributed by atoms with Gasteiger partial charge < -0.3 is 15.3 Å². The normalized spacial score (nSPS) is 10.8. The van der Waals surface area contributed by atoms with Crippen molar-refractivity contribution >= 4 is 0 Å². The number of nitrogens with zero attached hydrogens (tertiary/aromatic N) is 2. The summed E-state index contributed by atoms with van der Waals surface area (Å²) < 4.78 is 2.34. The molecule has 1 heterocycles. The van der Waals surface area contributed by atoms with E-state index in [0.29, 0.717) is 5.69 Å². The topological polar surface area (TPSA) is 87.6 Å². The summed E-state index contributed by atoms with van der Waals surface area (Å²) in [4.78, 5) is 11.5. The first-order chi connectivity index (χ1) is 6.63. The van der Waals surface area contributed by atoms with Crippen LogP contribution < -0.4 is 5.69 Å².